The third kappa shape index (κ3) is 4.30. The Bertz CT molecular complexity index is 1410. The first kappa shape index (κ1) is 23.1. The third-order valence-electron chi connectivity index (χ3n) is 5.80. The Balaban J connectivity index is 1.59. The van der Waals surface area contributed by atoms with Crippen LogP contribution in [0.25, 0.3) is 16.9 Å². The molecule has 0 aliphatic carbocycles. The average Bonchev–Trinajstić information content (AvgIpc) is 3.32. The number of nitrogens with zero attached hydrogens (tertiary/aromatic N) is 4. The van der Waals surface area contributed by atoms with Gasteiger partial charge in [0.1, 0.15) is 22.3 Å². The highest BCUT2D eigenvalue weighted by atomic mass is 32.2. The van der Waals surface area contributed by atoms with Crippen LogP contribution in [0.3, 0.4) is 0 Å². The Labute approximate surface area is 201 Å². The maximum atomic E-state index is 15.3. The number of carboxylic acid groups (broad SMARTS) is 1. The van der Waals surface area contributed by atoms with Gasteiger partial charge in [0.2, 0.25) is 0 Å². The summed E-state index contributed by atoms with van der Waals surface area (Å²) in [4.78, 5) is 43.6. The maximum absolute atomic E-state index is 15.3. The molecule has 2 aromatic heterocycles. The quantitative estimate of drug-likeness (QED) is 0.548. The lowest BCUT2D eigenvalue weighted by atomic mass is 10.0. The van der Waals surface area contributed by atoms with E-state index in [0.717, 1.165) is 17.7 Å². The molecule has 5 rings (SSSR count). The molecule has 3 aromatic rings. The molecule has 0 radical (unpaired) electrons. The number of morpholine rings is 1. The zero-order chi connectivity index (χ0) is 24.9. The van der Waals surface area contributed by atoms with Crippen LogP contribution < -0.4 is 0 Å². The highest BCUT2D eigenvalue weighted by Crippen LogP contribution is 2.33. The zero-order valence-corrected chi connectivity index (χ0v) is 19.1. The van der Waals surface area contributed by atoms with Crippen molar-refractivity contribution in [1.29, 1.82) is 0 Å². The molecule has 1 saturated heterocycles. The molecule has 1 N–H and O–H groups in total. The molecule has 12 heteroatoms. The van der Waals surface area contributed by atoms with Crippen molar-refractivity contribution in [2.24, 2.45) is 4.99 Å². The molecule has 0 bridgehead atoms. The van der Waals surface area contributed by atoms with Gasteiger partial charge >= 0.3 is 12.0 Å². The second kappa shape index (κ2) is 8.86. The SMILES string of the molecule is Cc1ccn2c(CC3CN(C(=O)O)CCO3)c(-c3c(F)cc(C4=NC(=O)C(=O)S4)cc3F)nc2c1. The molecule has 1 atom stereocenters. The van der Waals surface area contributed by atoms with Crippen molar-refractivity contribution < 1.29 is 33.0 Å². The minimum Gasteiger partial charge on any atom is -0.465 e. The van der Waals surface area contributed by atoms with Crippen molar-refractivity contribution in [3.63, 3.8) is 0 Å². The number of imidazole rings is 1. The predicted octanol–water partition coefficient (Wildman–Crippen LogP) is 3.06. The van der Waals surface area contributed by atoms with Gasteiger partial charge < -0.3 is 19.1 Å². The number of fused-ring (bicyclic) bond motifs is 1. The fourth-order valence-electron chi connectivity index (χ4n) is 4.16. The van der Waals surface area contributed by atoms with Crippen LogP contribution in [0, 0.1) is 18.6 Å². The van der Waals surface area contributed by atoms with Gasteiger partial charge in [0.05, 0.1) is 36.2 Å². The lowest BCUT2D eigenvalue weighted by molar-refractivity contribution is -0.130. The Morgan fingerprint density at radius 2 is 2.00 bits per heavy atom. The molecule has 1 fully saturated rings. The number of amides is 2. The Hall–Kier alpha value is -3.64. The van der Waals surface area contributed by atoms with Crippen molar-refractivity contribution in [2.75, 3.05) is 19.7 Å². The van der Waals surface area contributed by atoms with E-state index in [-0.39, 0.29) is 48.0 Å². The van der Waals surface area contributed by atoms with Crippen LogP contribution in [0.2, 0.25) is 0 Å². The zero-order valence-electron chi connectivity index (χ0n) is 18.3. The summed E-state index contributed by atoms with van der Waals surface area (Å²) in [5, 5.41) is 8.45. The summed E-state index contributed by atoms with van der Waals surface area (Å²) in [6.07, 6.45) is 0.297. The van der Waals surface area contributed by atoms with E-state index < -0.39 is 34.9 Å². The number of halogens is 2. The summed E-state index contributed by atoms with van der Waals surface area (Å²) >= 11 is 0.519. The van der Waals surface area contributed by atoms with Crippen molar-refractivity contribution in [3.05, 3.63) is 58.9 Å². The number of pyridine rings is 1. The van der Waals surface area contributed by atoms with Crippen LogP contribution in [0.4, 0.5) is 13.6 Å². The molecule has 2 aliphatic rings. The van der Waals surface area contributed by atoms with E-state index >= 15 is 8.78 Å². The minimum absolute atomic E-state index is 0.0261. The highest BCUT2D eigenvalue weighted by molar-refractivity contribution is 8.28. The van der Waals surface area contributed by atoms with Crippen molar-refractivity contribution >= 4 is 39.6 Å². The van der Waals surface area contributed by atoms with Crippen LogP contribution in [0.15, 0.2) is 35.5 Å². The van der Waals surface area contributed by atoms with Crippen LogP contribution >= 0.6 is 11.8 Å². The van der Waals surface area contributed by atoms with E-state index in [1.807, 2.05) is 13.0 Å². The largest absolute Gasteiger partial charge is 0.465 e. The molecule has 9 nitrogen and oxygen atoms in total. The van der Waals surface area contributed by atoms with Gasteiger partial charge in [-0.3, -0.25) is 9.59 Å². The average molecular weight is 500 g/mol. The first-order valence-electron chi connectivity index (χ1n) is 10.6. The molecule has 0 spiro atoms. The van der Waals surface area contributed by atoms with Gasteiger partial charge in [0.25, 0.3) is 5.12 Å². The first-order valence-corrected chi connectivity index (χ1v) is 11.4. The van der Waals surface area contributed by atoms with Crippen molar-refractivity contribution in [2.45, 2.75) is 19.4 Å². The standard InChI is InChI=1S/C23H18F2N4O5S/c1-11-2-3-29-16(9-13-10-28(23(32)33)4-5-34-13)19(26-17(29)6-11)18-14(24)7-12(8-15(18)25)21-27-20(30)22(31)35-21/h2-3,6-8,13H,4-5,9-10H2,1H3,(H,32,33). The van der Waals surface area contributed by atoms with E-state index in [9.17, 15) is 19.5 Å². The van der Waals surface area contributed by atoms with Gasteiger partial charge in [-0.15, -0.1) is 0 Å². The van der Waals surface area contributed by atoms with Gasteiger partial charge in [-0.25, -0.2) is 18.6 Å². The molecule has 1 unspecified atom stereocenters. The Morgan fingerprint density at radius 3 is 2.66 bits per heavy atom. The van der Waals surface area contributed by atoms with Crippen molar-refractivity contribution in [3.8, 4) is 11.3 Å². The normalized spacial score (nSPS) is 18.4. The van der Waals surface area contributed by atoms with E-state index in [2.05, 4.69) is 9.98 Å². The number of hydrogen-bond acceptors (Lipinski definition) is 6. The summed E-state index contributed by atoms with van der Waals surface area (Å²) in [5.74, 6) is -2.85. The van der Waals surface area contributed by atoms with Gasteiger partial charge in [0, 0.05) is 24.7 Å². The molecule has 1 aromatic carbocycles. The number of carbonyl (C=O) groups is 3. The second-order valence-electron chi connectivity index (χ2n) is 8.19. The fraction of sp³-hybridized carbons (Fsp3) is 0.261. The number of aromatic nitrogens is 2. The van der Waals surface area contributed by atoms with Gasteiger partial charge in [-0.1, -0.05) is 0 Å². The number of hydrogen-bond donors (Lipinski definition) is 1. The molecular formula is C23H18F2N4O5S. The lowest BCUT2D eigenvalue weighted by Gasteiger charge is -2.31. The summed E-state index contributed by atoms with van der Waals surface area (Å²) in [6.45, 7) is 2.41. The van der Waals surface area contributed by atoms with E-state index in [0.29, 0.717) is 23.1 Å². The van der Waals surface area contributed by atoms with Crippen LogP contribution in [0.1, 0.15) is 16.8 Å². The number of benzene rings is 1. The smallest absolute Gasteiger partial charge is 0.407 e. The van der Waals surface area contributed by atoms with E-state index in [4.69, 9.17) is 4.74 Å². The summed E-state index contributed by atoms with van der Waals surface area (Å²) in [6, 6.07) is 5.62. The number of ether oxygens (including phenoxy) is 1. The Kier molecular flexibility index (Phi) is 5.85. The van der Waals surface area contributed by atoms with Gasteiger partial charge in [0.15, 0.2) is 0 Å². The molecule has 0 saturated carbocycles. The predicted molar refractivity (Wildman–Crippen MR) is 122 cm³/mol. The van der Waals surface area contributed by atoms with Crippen LogP contribution in [0.5, 0.6) is 0 Å². The van der Waals surface area contributed by atoms with Crippen LogP contribution in [-0.4, -0.2) is 67.4 Å². The van der Waals surface area contributed by atoms with Gasteiger partial charge in [-0.05, 0) is 48.5 Å². The first-order chi connectivity index (χ1) is 16.7. The number of aryl methyl sites for hydroxylation is 1. The lowest BCUT2D eigenvalue weighted by Crippen LogP contribution is -2.45. The maximum Gasteiger partial charge on any atom is 0.407 e. The van der Waals surface area contributed by atoms with E-state index in [1.54, 1.807) is 16.7 Å². The second-order valence-corrected chi connectivity index (χ2v) is 9.15. The Morgan fingerprint density at radius 1 is 1.26 bits per heavy atom. The highest BCUT2D eigenvalue weighted by Gasteiger charge is 2.31. The molecule has 35 heavy (non-hydrogen) atoms. The fourth-order valence-corrected chi connectivity index (χ4v) is 4.84. The molecule has 2 amide bonds. The van der Waals surface area contributed by atoms with Crippen LogP contribution in [-0.2, 0) is 20.7 Å². The van der Waals surface area contributed by atoms with E-state index in [1.165, 1.54) is 4.90 Å². The number of rotatable bonds is 4. The third-order valence-corrected chi connectivity index (χ3v) is 6.68. The topological polar surface area (TPSA) is 114 Å². The van der Waals surface area contributed by atoms with Gasteiger partial charge in [-0.2, -0.15) is 4.99 Å². The molecular weight excluding hydrogens is 482 g/mol. The number of thioether (sulfide) groups is 1. The number of aliphatic imine (C=N–C) groups is 1. The number of carbonyl (C=O) groups excluding carboxylic acids is 2. The minimum atomic E-state index is -1.07. The molecule has 4 heterocycles. The monoisotopic (exact) mass is 500 g/mol. The summed E-state index contributed by atoms with van der Waals surface area (Å²) in [7, 11) is 0. The summed E-state index contributed by atoms with van der Waals surface area (Å²) < 4.78 is 38.1. The molecule has 180 valence electrons. The summed E-state index contributed by atoms with van der Waals surface area (Å²) in [5.41, 5.74) is 1.48. The molecule has 2 aliphatic heterocycles. The van der Waals surface area contributed by atoms with Crippen molar-refractivity contribution in [1.82, 2.24) is 14.3 Å².